The smallest absolute Gasteiger partial charge is 0.159 e. The first-order valence-electron chi connectivity index (χ1n) is 12.7. The van der Waals surface area contributed by atoms with Gasteiger partial charge in [-0.2, -0.15) is 10.2 Å². The highest BCUT2D eigenvalue weighted by molar-refractivity contribution is 5.70. The van der Waals surface area contributed by atoms with Crippen LogP contribution in [-0.2, 0) is 11.8 Å². The summed E-state index contributed by atoms with van der Waals surface area (Å²) >= 11 is 0. The summed E-state index contributed by atoms with van der Waals surface area (Å²) in [5.41, 5.74) is 5.21. The van der Waals surface area contributed by atoms with Crippen LogP contribution in [0.2, 0.25) is 0 Å². The lowest BCUT2D eigenvalue weighted by Crippen LogP contribution is -2.31. The molecule has 6 rings (SSSR count). The van der Waals surface area contributed by atoms with Crippen LogP contribution < -0.4 is 0 Å². The van der Waals surface area contributed by atoms with E-state index in [1.807, 2.05) is 62.0 Å². The average molecular weight is 483 g/mol. The summed E-state index contributed by atoms with van der Waals surface area (Å²) in [5, 5.41) is 8.98. The molecule has 0 unspecified atom stereocenters. The van der Waals surface area contributed by atoms with Gasteiger partial charge in [-0.05, 0) is 43.7 Å². The molecule has 1 saturated heterocycles. The van der Waals surface area contributed by atoms with Crippen molar-refractivity contribution >= 4 is 0 Å². The van der Waals surface area contributed by atoms with Gasteiger partial charge in [-0.3, -0.25) is 14.3 Å². The molecule has 1 aromatic carbocycles. The molecule has 185 valence electrons. The summed E-state index contributed by atoms with van der Waals surface area (Å²) in [6.45, 7) is 2.18. The first-order chi connectivity index (χ1) is 17.7. The molecule has 0 N–H and O–H groups in total. The number of nitrogens with zero attached hydrogens (tertiary/aromatic N) is 7. The van der Waals surface area contributed by atoms with E-state index >= 15 is 0 Å². The molecular weight excluding hydrogens is 450 g/mol. The molecule has 3 aromatic heterocycles. The minimum absolute atomic E-state index is 0.391. The standard InChI is InChI=1S/C28H32N7O/c1-33-17-23(15-31-33)20-4-3-5-21(12-20)28-29-13-22(14-30-28)24-16-32-35(18-24)26-8-6-25(7-9-26)34-11-10-27(19-34)36-2/h3-5,12-18,26-27H,6-11,19H2,1-2H3/t27-/m1/s1. The van der Waals surface area contributed by atoms with Gasteiger partial charge in [-0.1, -0.05) is 18.2 Å². The predicted octanol–water partition coefficient (Wildman–Crippen LogP) is 4.78. The molecule has 0 bridgehead atoms. The van der Waals surface area contributed by atoms with Gasteiger partial charge in [-0.25, -0.2) is 9.97 Å². The molecule has 0 spiro atoms. The number of hydrogen-bond donors (Lipinski definition) is 0. The molecule has 36 heavy (non-hydrogen) atoms. The highest BCUT2D eigenvalue weighted by Gasteiger charge is 2.32. The Kier molecular flexibility index (Phi) is 6.37. The Hall–Kier alpha value is -3.36. The Balaban J connectivity index is 1.11. The summed E-state index contributed by atoms with van der Waals surface area (Å²) in [7, 11) is 3.75. The van der Waals surface area contributed by atoms with Crippen LogP contribution in [0, 0.1) is 6.04 Å². The zero-order chi connectivity index (χ0) is 24.5. The van der Waals surface area contributed by atoms with E-state index in [1.165, 1.54) is 0 Å². The van der Waals surface area contributed by atoms with Crippen molar-refractivity contribution in [3.05, 3.63) is 67.5 Å². The summed E-state index contributed by atoms with van der Waals surface area (Å²) in [6.07, 6.45) is 17.8. The lowest BCUT2D eigenvalue weighted by atomic mass is 9.90. The molecule has 1 saturated carbocycles. The van der Waals surface area contributed by atoms with Gasteiger partial charge in [0.05, 0.1) is 24.5 Å². The Morgan fingerprint density at radius 1 is 0.833 bits per heavy atom. The van der Waals surface area contributed by atoms with E-state index in [9.17, 15) is 0 Å². The van der Waals surface area contributed by atoms with Crippen molar-refractivity contribution in [2.45, 2.75) is 44.2 Å². The van der Waals surface area contributed by atoms with E-state index in [1.54, 1.807) is 6.04 Å². The van der Waals surface area contributed by atoms with Crippen molar-refractivity contribution in [3.8, 4) is 33.6 Å². The van der Waals surface area contributed by atoms with Gasteiger partial charge in [0.2, 0.25) is 0 Å². The van der Waals surface area contributed by atoms with E-state index in [-0.39, 0.29) is 0 Å². The fourth-order valence-electron chi connectivity index (χ4n) is 5.45. The minimum atomic E-state index is 0.391. The van der Waals surface area contributed by atoms with Gasteiger partial charge < -0.3 is 4.74 Å². The molecule has 4 heterocycles. The van der Waals surface area contributed by atoms with Crippen LogP contribution in [0.4, 0.5) is 0 Å². The molecule has 1 aliphatic heterocycles. The normalized spacial score (nSPS) is 19.8. The lowest BCUT2D eigenvalue weighted by molar-refractivity contribution is 0.106. The molecule has 1 radical (unpaired) electrons. The fraction of sp³-hybridized carbons (Fsp3) is 0.393. The highest BCUT2D eigenvalue weighted by Crippen LogP contribution is 2.37. The highest BCUT2D eigenvalue weighted by atomic mass is 16.5. The summed E-state index contributed by atoms with van der Waals surface area (Å²) in [6, 6.07) is 10.3. The third kappa shape index (κ3) is 4.70. The third-order valence-electron chi connectivity index (χ3n) is 7.58. The molecule has 0 amide bonds. The maximum atomic E-state index is 5.54. The number of ether oxygens (including phenoxy) is 1. The van der Waals surface area contributed by atoms with Crippen LogP contribution in [0.15, 0.2) is 61.4 Å². The van der Waals surface area contributed by atoms with Gasteiger partial charge >= 0.3 is 0 Å². The van der Waals surface area contributed by atoms with Crippen LogP contribution >= 0.6 is 0 Å². The molecular formula is C28H32N7O. The summed E-state index contributed by atoms with van der Waals surface area (Å²) in [4.78, 5) is 11.9. The molecule has 1 atom stereocenters. The second kappa shape index (κ2) is 9.95. The van der Waals surface area contributed by atoms with Crippen LogP contribution in [0.1, 0.15) is 38.1 Å². The van der Waals surface area contributed by atoms with Crippen LogP contribution in [-0.4, -0.2) is 60.7 Å². The minimum Gasteiger partial charge on any atom is -0.380 e. The number of aryl methyl sites for hydroxylation is 1. The van der Waals surface area contributed by atoms with Crippen molar-refractivity contribution in [1.82, 2.24) is 34.4 Å². The van der Waals surface area contributed by atoms with E-state index in [4.69, 9.17) is 9.84 Å². The number of methoxy groups -OCH3 is 1. The number of aromatic nitrogens is 6. The van der Waals surface area contributed by atoms with Crippen molar-refractivity contribution in [2.75, 3.05) is 20.2 Å². The zero-order valence-corrected chi connectivity index (χ0v) is 20.9. The molecule has 4 aromatic rings. The van der Waals surface area contributed by atoms with Crippen LogP contribution in [0.3, 0.4) is 0 Å². The van der Waals surface area contributed by atoms with Crippen molar-refractivity contribution < 1.29 is 4.74 Å². The van der Waals surface area contributed by atoms with Crippen molar-refractivity contribution in [2.24, 2.45) is 7.05 Å². The van der Waals surface area contributed by atoms with E-state index < -0.39 is 0 Å². The second-order valence-corrected chi connectivity index (χ2v) is 9.88. The molecule has 8 heteroatoms. The largest absolute Gasteiger partial charge is 0.380 e. The average Bonchev–Trinajstić information content (AvgIpc) is 3.70. The summed E-state index contributed by atoms with van der Waals surface area (Å²) in [5.74, 6) is 0.713. The van der Waals surface area contributed by atoms with Gasteiger partial charge in [-0.15, -0.1) is 0 Å². The van der Waals surface area contributed by atoms with Crippen molar-refractivity contribution in [3.63, 3.8) is 0 Å². The van der Waals surface area contributed by atoms with Gasteiger partial charge in [0.15, 0.2) is 5.82 Å². The van der Waals surface area contributed by atoms with Crippen molar-refractivity contribution in [1.29, 1.82) is 0 Å². The number of rotatable bonds is 6. The zero-order valence-electron chi connectivity index (χ0n) is 20.9. The first kappa shape index (κ1) is 23.1. The quantitative estimate of drug-likeness (QED) is 0.394. The van der Waals surface area contributed by atoms with Gasteiger partial charge in [0.25, 0.3) is 0 Å². The SMILES string of the molecule is CO[C@@H]1CCN([C]2CCC(n3cc(-c4cnc(-c5cccc(-c6cnn(C)c6)c5)nc4)cn3)CC2)C1. The Morgan fingerprint density at radius 2 is 1.58 bits per heavy atom. The predicted molar refractivity (Wildman–Crippen MR) is 139 cm³/mol. The van der Waals surface area contributed by atoms with E-state index in [2.05, 4.69) is 43.0 Å². The maximum Gasteiger partial charge on any atom is 0.159 e. The maximum absolute atomic E-state index is 5.54. The van der Waals surface area contributed by atoms with E-state index in [0.717, 1.165) is 73.0 Å². The van der Waals surface area contributed by atoms with Gasteiger partial charge in [0.1, 0.15) is 0 Å². The summed E-state index contributed by atoms with van der Waals surface area (Å²) < 4.78 is 9.49. The number of likely N-dealkylation sites (tertiary alicyclic amines) is 1. The molecule has 2 aliphatic rings. The van der Waals surface area contributed by atoms with E-state index in [0.29, 0.717) is 18.0 Å². The monoisotopic (exact) mass is 482 g/mol. The third-order valence-corrected chi connectivity index (χ3v) is 7.58. The Morgan fingerprint density at radius 3 is 2.31 bits per heavy atom. The second-order valence-electron chi connectivity index (χ2n) is 9.88. The Bertz CT molecular complexity index is 1300. The van der Waals surface area contributed by atoms with Gasteiger partial charge in [0, 0.05) is 80.3 Å². The lowest BCUT2D eigenvalue weighted by Gasteiger charge is -2.33. The van der Waals surface area contributed by atoms with Crippen LogP contribution in [0.25, 0.3) is 33.6 Å². The first-order valence-corrected chi connectivity index (χ1v) is 12.7. The number of benzene rings is 1. The molecule has 8 nitrogen and oxygen atoms in total. The van der Waals surface area contributed by atoms with Crippen LogP contribution in [0.5, 0.6) is 0 Å². The molecule has 1 aliphatic carbocycles. The topological polar surface area (TPSA) is 73.9 Å². The fourth-order valence-corrected chi connectivity index (χ4v) is 5.45. The Labute approximate surface area is 211 Å². The molecule has 2 fully saturated rings. The number of hydrogen-bond acceptors (Lipinski definition) is 6.